The molecule has 184 valence electrons. The van der Waals surface area contributed by atoms with Gasteiger partial charge in [0.25, 0.3) is 0 Å². The molecule has 2 N–H and O–H groups in total. The molecule has 5 fully saturated rings. The second-order valence-corrected chi connectivity index (χ2v) is 15.3. The lowest BCUT2D eigenvalue weighted by Gasteiger charge is -2.72. The molecule has 3 heteroatoms. The van der Waals surface area contributed by atoms with E-state index in [0.29, 0.717) is 39.9 Å². The molecule has 3 nitrogen and oxygen atoms in total. The average Bonchev–Trinajstić information content (AvgIpc) is 3.06. The summed E-state index contributed by atoms with van der Waals surface area (Å²) in [5.74, 6) is 2.66. The Kier molecular flexibility index (Phi) is 4.31. The smallest absolute Gasteiger partial charge is 0.184 e. The molecule has 1 aliphatic heterocycles. The van der Waals surface area contributed by atoms with Crippen LogP contribution in [0.25, 0.3) is 0 Å². The van der Waals surface area contributed by atoms with Crippen molar-refractivity contribution in [2.75, 3.05) is 6.61 Å². The Hall–Kier alpha value is -0.830. The van der Waals surface area contributed by atoms with E-state index in [1.807, 2.05) is 0 Å². The van der Waals surface area contributed by atoms with Crippen molar-refractivity contribution < 1.29 is 9.53 Å². The molecule has 0 amide bonds. The van der Waals surface area contributed by atoms with Gasteiger partial charge in [0.05, 0.1) is 18.4 Å². The normalized spacial score (nSPS) is 56.2. The predicted molar refractivity (Wildman–Crippen MR) is 132 cm³/mol. The molecule has 0 spiro atoms. The first-order chi connectivity index (χ1) is 15.2. The first-order valence-electron chi connectivity index (χ1n) is 13.9. The Morgan fingerprint density at radius 1 is 0.848 bits per heavy atom. The van der Waals surface area contributed by atoms with Crippen molar-refractivity contribution >= 4 is 5.78 Å². The van der Waals surface area contributed by atoms with E-state index in [-0.39, 0.29) is 22.0 Å². The van der Waals surface area contributed by atoms with Crippen LogP contribution in [-0.2, 0) is 9.53 Å². The van der Waals surface area contributed by atoms with Crippen LogP contribution in [0.15, 0.2) is 11.8 Å². The Morgan fingerprint density at radius 2 is 1.55 bits per heavy atom. The van der Waals surface area contributed by atoms with Gasteiger partial charge in [0.1, 0.15) is 0 Å². The van der Waals surface area contributed by atoms with E-state index in [1.165, 1.54) is 44.9 Å². The summed E-state index contributed by atoms with van der Waals surface area (Å²) in [4.78, 5) is 13.1. The van der Waals surface area contributed by atoms with Crippen LogP contribution in [0.3, 0.4) is 0 Å². The second-order valence-electron chi connectivity index (χ2n) is 15.3. The van der Waals surface area contributed by atoms with E-state index in [2.05, 4.69) is 54.5 Å². The standard InChI is InChI=1S/C30H47NO2/c1-25(2)12-14-30-15-13-28(6)18(22(30)24(25)33-17-30)8-9-21-27(5)16-19(31)23(32)26(3,4)20(27)10-11-29(21,28)7/h16,18,20-22,24H,8-15,17,31H2,1-7H3/t18-,20+,21-,22+,24-,27+,28-,29-,30-/m1/s1. The van der Waals surface area contributed by atoms with Gasteiger partial charge < -0.3 is 10.5 Å². The number of Topliss-reactive ketones (excluding diaryl/α,β-unsaturated/α-hetero) is 1. The summed E-state index contributed by atoms with van der Waals surface area (Å²) in [6.45, 7) is 18.1. The van der Waals surface area contributed by atoms with Gasteiger partial charge in [-0.15, -0.1) is 0 Å². The number of fused-ring (bicyclic) bond motifs is 5. The van der Waals surface area contributed by atoms with E-state index in [9.17, 15) is 4.79 Å². The maximum Gasteiger partial charge on any atom is 0.184 e. The van der Waals surface area contributed by atoms with Crippen LogP contribution >= 0.6 is 0 Å². The van der Waals surface area contributed by atoms with Gasteiger partial charge in [0, 0.05) is 5.41 Å². The van der Waals surface area contributed by atoms with Crippen LogP contribution in [0.1, 0.15) is 99.8 Å². The van der Waals surface area contributed by atoms with Crippen molar-refractivity contribution in [2.24, 2.45) is 61.9 Å². The lowest BCUT2D eigenvalue weighted by molar-refractivity contribution is -0.226. The highest BCUT2D eigenvalue weighted by atomic mass is 16.5. The topological polar surface area (TPSA) is 52.3 Å². The fourth-order valence-corrected chi connectivity index (χ4v) is 11.5. The van der Waals surface area contributed by atoms with Gasteiger partial charge in [0.15, 0.2) is 5.78 Å². The Bertz CT molecular complexity index is 934. The van der Waals surface area contributed by atoms with Gasteiger partial charge in [0.2, 0.25) is 0 Å². The number of carbonyl (C=O) groups excluding carboxylic acids is 1. The van der Waals surface area contributed by atoms with E-state index in [1.54, 1.807) is 0 Å². The van der Waals surface area contributed by atoms with E-state index in [0.717, 1.165) is 24.9 Å². The van der Waals surface area contributed by atoms with Crippen molar-refractivity contribution in [1.82, 2.24) is 0 Å². The molecule has 5 aliphatic carbocycles. The number of ketones is 1. The highest BCUT2D eigenvalue weighted by Gasteiger charge is 2.72. The molecule has 4 saturated carbocycles. The molecule has 1 heterocycles. The largest absolute Gasteiger partial charge is 0.396 e. The molecule has 9 atom stereocenters. The lowest BCUT2D eigenvalue weighted by atomic mass is 9.32. The zero-order chi connectivity index (χ0) is 23.8. The second kappa shape index (κ2) is 6.29. The van der Waals surface area contributed by atoms with Crippen LogP contribution in [0, 0.1) is 56.2 Å². The average molecular weight is 454 g/mol. The third-order valence-corrected chi connectivity index (χ3v) is 13.5. The van der Waals surface area contributed by atoms with Gasteiger partial charge in [-0.3, -0.25) is 4.79 Å². The number of allylic oxidation sites excluding steroid dienone is 2. The first-order valence-corrected chi connectivity index (χ1v) is 13.9. The van der Waals surface area contributed by atoms with Crippen molar-refractivity contribution in [3.63, 3.8) is 0 Å². The monoisotopic (exact) mass is 453 g/mol. The van der Waals surface area contributed by atoms with Gasteiger partial charge in [-0.05, 0) is 102 Å². The first kappa shape index (κ1) is 22.6. The molecule has 0 aromatic carbocycles. The molecular weight excluding hydrogens is 406 g/mol. The molecule has 2 bridgehead atoms. The maximum absolute atomic E-state index is 13.1. The maximum atomic E-state index is 13.1. The van der Waals surface area contributed by atoms with Crippen LogP contribution < -0.4 is 5.73 Å². The Balaban J connectivity index is 1.43. The minimum absolute atomic E-state index is 0.0128. The van der Waals surface area contributed by atoms with Crippen LogP contribution in [0.4, 0.5) is 0 Å². The molecule has 0 aromatic rings. The molecule has 6 aliphatic rings. The quantitative estimate of drug-likeness (QED) is 0.455. The summed E-state index contributed by atoms with van der Waals surface area (Å²) in [6, 6.07) is 0. The summed E-state index contributed by atoms with van der Waals surface area (Å²) in [7, 11) is 0. The SMILES string of the molecule is CC1(C)CC[C@]23CC[C@]4(C)[C@H](CC[C@@H]5[C@@]6(C)C=C(N)C(=O)C(C)(C)[C@@H]6CC[C@]54C)[C@H]2[C@H]1OC3. The number of rotatable bonds is 0. The van der Waals surface area contributed by atoms with E-state index in [4.69, 9.17) is 10.5 Å². The van der Waals surface area contributed by atoms with Gasteiger partial charge >= 0.3 is 0 Å². The highest BCUT2D eigenvalue weighted by Crippen LogP contribution is 2.77. The zero-order valence-electron chi connectivity index (χ0n) is 22.2. The van der Waals surface area contributed by atoms with Crippen molar-refractivity contribution in [2.45, 2.75) is 106 Å². The van der Waals surface area contributed by atoms with E-state index >= 15 is 0 Å². The molecular formula is C30H47NO2. The third-order valence-electron chi connectivity index (χ3n) is 13.5. The Morgan fingerprint density at radius 3 is 2.27 bits per heavy atom. The molecule has 1 saturated heterocycles. The van der Waals surface area contributed by atoms with Crippen LogP contribution in [0.5, 0.6) is 0 Å². The summed E-state index contributed by atoms with van der Waals surface area (Å²) in [6.07, 6.45) is 13.1. The minimum Gasteiger partial charge on any atom is -0.396 e. The highest BCUT2D eigenvalue weighted by molar-refractivity contribution is 6.00. The number of ether oxygens (including phenoxy) is 1. The van der Waals surface area contributed by atoms with E-state index < -0.39 is 0 Å². The fourth-order valence-electron chi connectivity index (χ4n) is 11.5. The summed E-state index contributed by atoms with van der Waals surface area (Å²) >= 11 is 0. The molecule has 6 rings (SSSR count). The lowest BCUT2D eigenvalue weighted by Crippen LogP contribution is -2.67. The molecule has 0 radical (unpaired) electrons. The number of carbonyl (C=O) groups is 1. The van der Waals surface area contributed by atoms with Gasteiger partial charge in [-0.25, -0.2) is 0 Å². The number of hydrogen-bond acceptors (Lipinski definition) is 3. The number of nitrogens with two attached hydrogens (primary N) is 1. The van der Waals surface area contributed by atoms with Crippen molar-refractivity contribution in [1.29, 1.82) is 0 Å². The minimum atomic E-state index is -0.358. The third kappa shape index (κ3) is 2.44. The van der Waals surface area contributed by atoms with Gasteiger partial charge in [-0.2, -0.15) is 0 Å². The molecule has 0 aromatic heterocycles. The fraction of sp³-hybridized carbons (Fsp3) is 0.900. The molecule has 0 unspecified atom stereocenters. The van der Waals surface area contributed by atoms with Crippen LogP contribution in [-0.4, -0.2) is 18.5 Å². The predicted octanol–water partition coefficient (Wildman–Crippen LogP) is 6.51. The summed E-state index contributed by atoms with van der Waals surface area (Å²) < 4.78 is 6.69. The summed E-state index contributed by atoms with van der Waals surface area (Å²) in [5, 5.41) is 0. The van der Waals surface area contributed by atoms with Crippen LogP contribution in [0.2, 0.25) is 0 Å². The van der Waals surface area contributed by atoms with Crippen molar-refractivity contribution in [3.8, 4) is 0 Å². The molecule has 33 heavy (non-hydrogen) atoms. The Labute approximate surface area is 201 Å². The number of hydrogen-bond donors (Lipinski definition) is 1. The van der Waals surface area contributed by atoms with Gasteiger partial charge in [-0.1, -0.05) is 54.5 Å². The zero-order valence-corrected chi connectivity index (χ0v) is 22.2. The van der Waals surface area contributed by atoms with Crippen molar-refractivity contribution in [3.05, 3.63) is 11.8 Å². The summed E-state index contributed by atoms with van der Waals surface area (Å²) in [5.41, 5.74) is 7.98.